The zero-order chi connectivity index (χ0) is 17.3. The number of nitrogens with zero attached hydrogens (tertiary/aromatic N) is 2. The topological polar surface area (TPSA) is 66.0 Å². The molecule has 3 rings (SSSR count). The van der Waals surface area contributed by atoms with Crippen molar-refractivity contribution in [1.82, 2.24) is 9.88 Å². The van der Waals surface area contributed by atoms with Crippen molar-refractivity contribution in [3.63, 3.8) is 0 Å². The molecule has 126 valence electrons. The summed E-state index contributed by atoms with van der Waals surface area (Å²) in [6.45, 7) is 2.35. The summed E-state index contributed by atoms with van der Waals surface area (Å²) in [6.07, 6.45) is 3.36. The van der Waals surface area contributed by atoms with E-state index in [4.69, 9.17) is 11.1 Å². The number of rotatable bonds is 4. The SMILES string of the molecule is CC(=N)c1cc(-c2cncc(CN3CCC(F)(F)C3)c2)ccc1N. The number of nitrogens with one attached hydrogen (secondary N) is 1. The Bertz CT molecular complexity index is 773. The standard InChI is InChI=1S/C18H20F2N4/c1-12(21)16-7-14(2-3-17(16)22)15-6-13(8-23-9-15)10-24-5-4-18(19,20)11-24/h2-3,6-9,21H,4-5,10-11,22H2,1H3. The predicted molar refractivity (Wildman–Crippen MR) is 91.4 cm³/mol. The predicted octanol–water partition coefficient (Wildman–Crippen LogP) is 3.56. The first-order valence-electron chi connectivity index (χ1n) is 7.84. The fourth-order valence-corrected chi connectivity index (χ4v) is 2.99. The molecule has 6 heteroatoms. The quantitative estimate of drug-likeness (QED) is 0.665. The molecule has 1 aliphatic heterocycles. The van der Waals surface area contributed by atoms with Gasteiger partial charge in [-0.15, -0.1) is 0 Å². The van der Waals surface area contributed by atoms with E-state index in [9.17, 15) is 8.78 Å². The molecule has 2 aromatic rings. The third-order valence-corrected chi connectivity index (χ3v) is 4.24. The van der Waals surface area contributed by atoms with E-state index in [0.29, 0.717) is 30.1 Å². The highest BCUT2D eigenvalue weighted by Crippen LogP contribution is 2.29. The van der Waals surface area contributed by atoms with Crippen molar-refractivity contribution >= 4 is 11.4 Å². The van der Waals surface area contributed by atoms with Crippen LogP contribution in [0.1, 0.15) is 24.5 Å². The summed E-state index contributed by atoms with van der Waals surface area (Å²) in [5, 5.41) is 7.79. The Labute approximate surface area is 139 Å². The Kier molecular flexibility index (Phi) is 4.32. The Morgan fingerprint density at radius 3 is 2.75 bits per heavy atom. The summed E-state index contributed by atoms with van der Waals surface area (Å²) in [6, 6.07) is 7.48. The molecule has 4 nitrogen and oxygen atoms in total. The van der Waals surface area contributed by atoms with Gasteiger partial charge in [0.1, 0.15) is 0 Å². The second-order valence-corrected chi connectivity index (χ2v) is 6.33. The molecule has 0 amide bonds. The molecule has 1 aromatic heterocycles. The highest BCUT2D eigenvalue weighted by Gasteiger charge is 2.37. The zero-order valence-electron chi connectivity index (χ0n) is 13.5. The smallest absolute Gasteiger partial charge is 0.261 e. The van der Waals surface area contributed by atoms with E-state index < -0.39 is 5.92 Å². The molecule has 0 bridgehead atoms. The molecule has 3 N–H and O–H groups in total. The van der Waals surface area contributed by atoms with Crippen LogP contribution >= 0.6 is 0 Å². The number of nitrogens with two attached hydrogens (primary N) is 1. The summed E-state index contributed by atoms with van der Waals surface area (Å²) in [5.74, 6) is -2.58. The molecule has 1 aliphatic rings. The van der Waals surface area contributed by atoms with Crippen LogP contribution in [0, 0.1) is 5.41 Å². The monoisotopic (exact) mass is 330 g/mol. The fourth-order valence-electron chi connectivity index (χ4n) is 2.99. The minimum absolute atomic E-state index is 0.0833. The molecule has 1 saturated heterocycles. The first-order chi connectivity index (χ1) is 11.3. The first-order valence-corrected chi connectivity index (χ1v) is 7.84. The average molecular weight is 330 g/mol. The molecule has 0 spiro atoms. The zero-order valence-corrected chi connectivity index (χ0v) is 13.5. The minimum Gasteiger partial charge on any atom is -0.398 e. The molecular weight excluding hydrogens is 310 g/mol. The molecule has 0 aliphatic carbocycles. The van der Waals surface area contributed by atoms with Gasteiger partial charge in [-0.1, -0.05) is 6.07 Å². The molecular formula is C18H20F2N4. The van der Waals surface area contributed by atoms with Gasteiger partial charge < -0.3 is 11.1 Å². The van der Waals surface area contributed by atoms with Crippen LogP contribution in [-0.4, -0.2) is 34.6 Å². The molecule has 0 saturated carbocycles. The number of pyridine rings is 1. The van der Waals surface area contributed by atoms with Gasteiger partial charge in [-0.2, -0.15) is 0 Å². The van der Waals surface area contributed by atoms with Crippen LogP contribution in [0.15, 0.2) is 36.7 Å². The van der Waals surface area contributed by atoms with Gasteiger partial charge in [0.25, 0.3) is 5.92 Å². The maximum absolute atomic E-state index is 13.3. The third-order valence-electron chi connectivity index (χ3n) is 4.24. The van der Waals surface area contributed by atoms with E-state index in [1.807, 2.05) is 18.2 Å². The maximum Gasteiger partial charge on any atom is 0.261 e. The van der Waals surface area contributed by atoms with Crippen LogP contribution in [0.2, 0.25) is 0 Å². The molecule has 1 aromatic carbocycles. The van der Waals surface area contributed by atoms with Gasteiger partial charge in [-0.05, 0) is 36.2 Å². The number of benzene rings is 1. The third kappa shape index (κ3) is 3.59. The van der Waals surface area contributed by atoms with Gasteiger partial charge >= 0.3 is 0 Å². The van der Waals surface area contributed by atoms with E-state index in [-0.39, 0.29) is 13.0 Å². The summed E-state index contributed by atoms with van der Waals surface area (Å²) < 4.78 is 26.6. The van der Waals surface area contributed by atoms with Gasteiger partial charge in [-0.25, -0.2) is 8.78 Å². The van der Waals surface area contributed by atoms with Crippen LogP contribution in [0.3, 0.4) is 0 Å². The fraction of sp³-hybridized carbons (Fsp3) is 0.333. The second-order valence-electron chi connectivity index (χ2n) is 6.33. The van der Waals surface area contributed by atoms with Gasteiger partial charge in [-0.3, -0.25) is 9.88 Å². The number of likely N-dealkylation sites (tertiary alicyclic amines) is 1. The summed E-state index contributed by atoms with van der Waals surface area (Å²) in [5.41, 5.74) is 10.3. The van der Waals surface area contributed by atoms with E-state index in [1.165, 1.54) is 0 Å². The highest BCUT2D eigenvalue weighted by atomic mass is 19.3. The van der Waals surface area contributed by atoms with Gasteiger partial charge in [0, 0.05) is 54.4 Å². The van der Waals surface area contributed by atoms with Crippen LogP contribution in [0.25, 0.3) is 11.1 Å². The second kappa shape index (κ2) is 6.28. The van der Waals surface area contributed by atoms with Gasteiger partial charge in [0.05, 0.1) is 6.54 Å². The van der Waals surface area contributed by atoms with Crippen molar-refractivity contribution in [3.05, 3.63) is 47.8 Å². The molecule has 1 fully saturated rings. The first kappa shape index (κ1) is 16.5. The van der Waals surface area contributed by atoms with Crippen molar-refractivity contribution in [2.24, 2.45) is 0 Å². The molecule has 24 heavy (non-hydrogen) atoms. The van der Waals surface area contributed by atoms with E-state index in [2.05, 4.69) is 4.98 Å². The van der Waals surface area contributed by atoms with Crippen molar-refractivity contribution in [2.75, 3.05) is 18.8 Å². The number of aromatic nitrogens is 1. The Balaban J connectivity index is 1.83. The summed E-state index contributed by atoms with van der Waals surface area (Å²) in [7, 11) is 0. The molecule has 0 atom stereocenters. The van der Waals surface area contributed by atoms with Crippen LogP contribution in [0.4, 0.5) is 14.5 Å². The molecule has 2 heterocycles. The number of hydrogen-bond acceptors (Lipinski definition) is 4. The molecule has 0 radical (unpaired) electrons. The maximum atomic E-state index is 13.3. The van der Waals surface area contributed by atoms with Crippen molar-refractivity contribution < 1.29 is 8.78 Å². The lowest BCUT2D eigenvalue weighted by atomic mass is 10.00. The normalized spacial score (nSPS) is 17.1. The average Bonchev–Trinajstić information content (AvgIpc) is 2.86. The van der Waals surface area contributed by atoms with Crippen molar-refractivity contribution in [3.8, 4) is 11.1 Å². The summed E-state index contributed by atoms with van der Waals surface area (Å²) in [4.78, 5) is 5.98. The minimum atomic E-state index is -2.58. The van der Waals surface area contributed by atoms with Crippen LogP contribution in [0.5, 0.6) is 0 Å². The number of anilines is 1. The lowest BCUT2D eigenvalue weighted by molar-refractivity contribution is 0.0115. The van der Waals surface area contributed by atoms with Crippen LogP contribution in [-0.2, 0) is 6.54 Å². The van der Waals surface area contributed by atoms with Gasteiger partial charge in [0.2, 0.25) is 0 Å². The van der Waals surface area contributed by atoms with E-state index in [1.54, 1.807) is 30.3 Å². The van der Waals surface area contributed by atoms with Crippen LogP contribution < -0.4 is 5.73 Å². The Morgan fingerprint density at radius 2 is 2.08 bits per heavy atom. The number of nitrogen functional groups attached to an aromatic ring is 1. The lowest BCUT2D eigenvalue weighted by Gasteiger charge is -2.16. The highest BCUT2D eigenvalue weighted by molar-refractivity contribution is 6.02. The largest absolute Gasteiger partial charge is 0.398 e. The van der Waals surface area contributed by atoms with Gasteiger partial charge in [0.15, 0.2) is 0 Å². The van der Waals surface area contributed by atoms with E-state index >= 15 is 0 Å². The van der Waals surface area contributed by atoms with Crippen molar-refractivity contribution in [2.45, 2.75) is 25.8 Å². The van der Waals surface area contributed by atoms with E-state index in [0.717, 1.165) is 16.7 Å². The Morgan fingerprint density at radius 1 is 1.29 bits per heavy atom. The summed E-state index contributed by atoms with van der Waals surface area (Å²) >= 11 is 0. The number of halogens is 2. The van der Waals surface area contributed by atoms with Crippen molar-refractivity contribution in [1.29, 1.82) is 5.41 Å². The molecule has 0 unspecified atom stereocenters. The lowest BCUT2D eigenvalue weighted by Crippen LogP contribution is -2.24. The Hall–Kier alpha value is -2.34. The number of hydrogen-bond donors (Lipinski definition) is 2. The number of alkyl halides is 2.